The first kappa shape index (κ1) is 23.3. The monoisotopic (exact) mass is 539 g/mol. The number of urea groups is 1. The van der Waals surface area contributed by atoms with E-state index >= 15 is 0 Å². The van der Waals surface area contributed by atoms with Gasteiger partial charge in [-0.25, -0.2) is 14.8 Å². The van der Waals surface area contributed by atoms with Gasteiger partial charge in [0.2, 0.25) is 0 Å². The molecule has 1 unspecified atom stereocenters. The lowest BCUT2D eigenvalue weighted by atomic mass is 10.2. The number of aromatic nitrogens is 2. The second-order valence-electron chi connectivity index (χ2n) is 7.19. The summed E-state index contributed by atoms with van der Waals surface area (Å²) >= 11 is 6.65. The summed E-state index contributed by atoms with van der Waals surface area (Å²) in [7, 11) is 0. The van der Waals surface area contributed by atoms with Crippen LogP contribution in [0.3, 0.4) is 0 Å². The van der Waals surface area contributed by atoms with Gasteiger partial charge in [0.1, 0.15) is 10.8 Å². The van der Waals surface area contributed by atoms with E-state index in [1.165, 1.54) is 16.2 Å². The fraction of sp³-hybridized carbons (Fsp3) is 0.125. The number of thioether (sulfide) groups is 1. The molecule has 0 spiro atoms. The lowest BCUT2D eigenvalue weighted by molar-refractivity contribution is 0.249. The van der Waals surface area contributed by atoms with Crippen molar-refractivity contribution in [2.45, 2.75) is 17.9 Å². The minimum Gasteiger partial charge on any atom is -0.354 e. The third-order valence-corrected chi connectivity index (χ3v) is 7.02. The van der Waals surface area contributed by atoms with Crippen LogP contribution in [0.25, 0.3) is 11.3 Å². The van der Waals surface area contributed by atoms with E-state index in [9.17, 15) is 4.79 Å². The van der Waals surface area contributed by atoms with Crippen LogP contribution >= 0.6 is 39.0 Å². The quantitative estimate of drug-likeness (QED) is 0.214. The topological polar surface area (TPSA) is 78.9 Å². The van der Waals surface area contributed by atoms with Crippen molar-refractivity contribution in [1.82, 2.24) is 15.3 Å². The normalized spacial score (nSPS) is 11.6. The molecule has 1 atom stereocenters. The van der Waals surface area contributed by atoms with Crippen molar-refractivity contribution < 1.29 is 4.79 Å². The number of carbonyl (C=O) groups is 1. The number of nitrogens with one attached hydrogen (secondary N) is 3. The molecule has 6 nitrogen and oxygen atoms in total. The van der Waals surface area contributed by atoms with Crippen molar-refractivity contribution in [3.63, 3.8) is 0 Å². The number of rotatable bonds is 7. The molecule has 3 N–H and O–H groups in total. The highest BCUT2D eigenvalue weighted by Gasteiger charge is 2.14. The van der Waals surface area contributed by atoms with Crippen LogP contribution in [0.15, 0.2) is 81.6 Å². The van der Waals surface area contributed by atoms with Gasteiger partial charge in [0.05, 0.1) is 23.6 Å². The predicted molar refractivity (Wildman–Crippen MR) is 142 cm³/mol. The van der Waals surface area contributed by atoms with Gasteiger partial charge in [0.15, 0.2) is 0 Å². The van der Waals surface area contributed by atoms with E-state index in [0.717, 1.165) is 32.1 Å². The molecule has 0 aliphatic rings. The first-order valence-corrected chi connectivity index (χ1v) is 13.1. The van der Waals surface area contributed by atoms with E-state index in [4.69, 9.17) is 0 Å². The lowest BCUT2D eigenvalue weighted by Crippen LogP contribution is -2.31. The van der Waals surface area contributed by atoms with Gasteiger partial charge in [0, 0.05) is 26.0 Å². The Bertz CT molecular complexity index is 1230. The molecule has 0 bridgehead atoms. The number of halogens is 1. The van der Waals surface area contributed by atoms with E-state index in [2.05, 4.69) is 54.0 Å². The summed E-state index contributed by atoms with van der Waals surface area (Å²) in [5.41, 5.74) is 3.76. The van der Waals surface area contributed by atoms with Gasteiger partial charge in [-0.05, 0) is 55.6 Å². The number of hydrogen-bond acceptors (Lipinski definition) is 6. The van der Waals surface area contributed by atoms with E-state index in [1.54, 1.807) is 24.0 Å². The smallest absolute Gasteiger partial charge is 0.320 e. The maximum Gasteiger partial charge on any atom is 0.320 e. The van der Waals surface area contributed by atoms with Gasteiger partial charge in [-0.15, -0.1) is 23.1 Å². The molecule has 9 heteroatoms. The zero-order valence-corrected chi connectivity index (χ0v) is 21.2. The van der Waals surface area contributed by atoms with Crippen LogP contribution in [0.5, 0.6) is 0 Å². The highest BCUT2D eigenvalue weighted by atomic mass is 79.9. The number of benzene rings is 2. The summed E-state index contributed by atoms with van der Waals surface area (Å²) in [6, 6.07) is 19.2. The second kappa shape index (κ2) is 10.8. The summed E-state index contributed by atoms with van der Waals surface area (Å²) in [6.07, 6.45) is 3.74. The molecule has 33 heavy (non-hydrogen) atoms. The molecule has 0 fully saturated rings. The van der Waals surface area contributed by atoms with Crippen LogP contribution in [-0.4, -0.2) is 22.3 Å². The van der Waals surface area contributed by atoms with Gasteiger partial charge in [-0.3, -0.25) is 5.32 Å². The Balaban J connectivity index is 1.32. The van der Waals surface area contributed by atoms with Crippen LogP contribution in [0, 0.1) is 0 Å². The summed E-state index contributed by atoms with van der Waals surface area (Å²) in [6.45, 7) is 1.91. The highest BCUT2D eigenvalue weighted by molar-refractivity contribution is 9.10. The van der Waals surface area contributed by atoms with Crippen LogP contribution in [0.2, 0.25) is 0 Å². The molecule has 0 aliphatic heterocycles. The van der Waals surface area contributed by atoms with Crippen LogP contribution in [0.1, 0.15) is 18.0 Å². The molecule has 4 aromatic rings. The minimum absolute atomic E-state index is 0.233. The van der Waals surface area contributed by atoms with Gasteiger partial charge in [-0.2, -0.15) is 0 Å². The second-order valence-corrected chi connectivity index (χ2v) is 9.87. The van der Waals surface area contributed by atoms with E-state index < -0.39 is 0 Å². The van der Waals surface area contributed by atoms with Crippen LogP contribution < -0.4 is 16.0 Å². The third kappa shape index (κ3) is 6.34. The Morgan fingerprint density at radius 1 is 1.09 bits per heavy atom. The number of hydrogen-bond donors (Lipinski definition) is 3. The lowest BCUT2D eigenvalue weighted by Gasteiger charge is -2.12. The summed E-state index contributed by atoms with van der Waals surface area (Å²) < 4.78 is 1.02. The summed E-state index contributed by atoms with van der Waals surface area (Å²) in [5.74, 6) is 0.470. The van der Waals surface area contributed by atoms with Gasteiger partial charge < -0.3 is 10.6 Å². The van der Waals surface area contributed by atoms with E-state index in [1.807, 2.05) is 61.0 Å². The minimum atomic E-state index is -0.330. The van der Waals surface area contributed by atoms with Gasteiger partial charge >= 0.3 is 6.03 Å². The molecular formula is C24H22BrN5OS2. The maximum absolute atomic E-state index is 12.4. The molecular weight excluding hydrogens is 518 g/mol. The first-order chi connectivity index (χ1) is 16.0. The van der Waals surface area contributed by atoms with Crippen molar-refractivity contribution in [3.05, 3.63) is 81.7 Å². The Morgan fingerprint density at radius 2 is 1.91 bits per heavy atom. The van der Waals surface area contributed by atoms with Crippen molar-refractivity contribution in [2.24, 2.45) is 0 Å². The third-order valence-electron chi connectivity index (χ3n) is 4.74. The van der Waals surface area contributed by atoms with Crippen LogP contribution in [0.4, 0.5) is 22.0 Å². The molecule has 2 aromatic heterocycles. The van der Waals surface area contributed by atoms with Crippen molar-refractivity contribution >= 4 is 62.3 Å². The standard InChI is InChI=1S/C24H22BrN5OS2/c1-15(23-29-21(14-33-23)16-6-8-17(25)9-7-16)27-24(31)30-22-11-10-19(13-26-22)28-18-4-3-5-20(12-18)32-2/h3-15,28H,1-2H3,(H2,26,27,30,31). The number of anilines is 3. The Morgan fingerprint density at radius 3 is 2.64 bits per heavy atom. The number of pyridine rings is 1. The van der Waals surface area contributed by atoms with Crippen molar-refractivity contribution in [2.75, 3.05) is 16.9 Å². The maximum atomic E-state index is 12.4. The first-order valence-electron chi connectivity index (χ1n) is 10.2. The molecule has 0 saturated carbocycles. The molecule has 168 valence electrons. The van der Waals surface area contributed by atoms with E-state index in [-0.39, 0.29) is 12.1 Å². The number of nitrogens with zero attached hydrogens (tertiary/aromatic N) is 2. The Hall–Kier alpha value is -2.88. The van der Waals surface area contributed by atoms with Crippen molar-refractivity contribution in [1.29, 1.82) is 0 Å². The van der Waals surface area contributed by atoms with Crippen molar-refractivity contribution in [3.8, 4) is 11.3 Å². The number of thiazole rings is 1. The van der Waals surface area contributed by atoms with E-state index in [0.29, 0.717) is 5.82 Å². The van der Waals surface area contributed by atoms with Gasteiger partial charge in [-0.1, -0.05) is 34.1 Å². The Kier molecular flexibility index (Phi) is 7.64. The molecule has 0 radical (unpaired) electrons. The molecule has 2 heterocycles. The summed E-state index contributed by atoms with van der Waals surface area (Å²) in [5, 5.41) is 11.8. The molecule has 4 rings (SSSR count). The molecule has 0 aliphatic carbocycles. The number of amides is 2. The number of carbonyl (C=O) groups excluding carboxylic acids is 1. The zero-order chi connectivity index (χ0) is 23.2. The van der Waals surface area contributed by atoms with Crippen LogP contribution in [-0.2, 0) is 0 Å². The largest absolute Gasteiger partial charge is 0.354 e. The fourth-order valence-corrected chi connectivity index (χ4v) is 4.62. The SMILES string of the molecule is CSc1cccc(Nc2ccc(NC(=O)NC(C)c3nc(-c4ccc(Br)cc4)cs3)nc2)c1. The predicted octanol–water partition coefficient (Wildman–Crippen LogP) is 7.32. The Labute approximate surface area is 209 Å². The zero-order valence-electron chi connectivity index (χ0n) is 18.0. The molecule has 2 aromatic carbocycles. The average molecular weight is 541 g/mol. The highest BCUT2D eigenvalue weighted by Crippen LogP contribution is 2.27. The molecule has 2 amide bonds. The summed E-state index contributed by atoms with van der Waals surface area (Å²) in [4.78, 5) is 22.6. The molecule has 0 saturated heterocycles. The van der Waals surface area contributed by atoms with Gasteiger partial charge in [0.25, 0.3) is 0 Å². The average Bonchev–Trinajstić information content (AvgIpc) is 3.31. The fourth-order valence-electron chi connectivity index (χ4n) is 3.06.